The minimum absolute atomic E-state index is 0.00984. The highest BCUT2D eigenvalue weighted by atomic mass is 16.3. The molecule has 39 heavy (non-hydrogen) atoms. The number of phenolic OH excluding ortho intramolecular Hbond substituents is 2. The van der Waals surface area contributed by atoms with Crippen LogP contribution in [0.25, 0.3) is 11.1 Å². The molecular formula is C33H28O6. The number of ketones is 2. The summed E-state index contributed by atoms with van der Waals surface area (Å²) in [4.78, 5) is 25.0. The van der Waals surface area contributed by atoms with E-state index in [9.17, 15) is 19.8 Å². The summed E-state index contributed by atoms with van der Waals surface area (Å²) in [5, 5.41) is 21.4. The van der Waals surface area contributed by atoms with Crippen LogP contribution in [0.5, 0.6) is 11.5 Å². The number of carbonyl (C=O) groups is 2. The third-order valence-corrected chi connectivity index (χ3v) is 7.65. The summed E-state index contributed by atoms with van der Waals surface area (Å²) in [6.07, 6.45) is 8.87. The lowest BCUT2D eigenvalue weighted by Crippen LogP contribution is -2.13. The van der Waals surface area contributed by atoms with E-state index in [1.807, 2.05) is 36.4 Å². The van der Waals surface area contributed by atoms with Crippen molar-refractivity contribution in [3.05, 3.63) is 119 Å². The lowest BCUT2D eigenvalue weighted by atomic mass is 9.80. The largest absolute Gasteiger partial charge is 0.508 e. The molecule has 0 saturated heterocycles. The summed E-state index contributed by atoms with van der Waals surface area (Å²) >= 11 is 0. The minimum Gasteiger partial charge on any atom is -0.508 e. The van der Waals surface area contributed by atoms with Crippen molar-refractivity contribution >= 4 is 22.7 Å². The van der Waals surface area contributed by atoms with E-state index in [2.05, 4.69) is 0 Å². The number of hydrogen-bond acceptors (Lipinski definition) is 6. The van der Waals surface area contributed by atoms with E-state index in [4.69, 9.17) is 8.83 Å². The normalized spacial score (nSPS) is 19.6. The molecule has 0 amide bonds. The van der Waals surface area contributed by atoms with Crippen LogP contribution in [0.1, 0.15) is 71.3 Å². The molecule has 6 heteroatoms. The predicted molar refractivity (Wildman–Crippen MR) is 146 cm³/mol. The van der Waals surface area contributed by atoms with Crippen LogP contribution in [0, 0.1) is 0 Å². The van der Waals surface area contributed by atoms with Gasteiger partial charge in [-0.25, -0.2) is 0 Å². The zero-order valence-electron chi connectivity index (χ0n) is 21.3. The van der Waals surface area contributed by atoms with Crippen molar-refractivity contribution in [2.24, 2.45) is 0 Å². The first-order valence-electron chi connectivity index (χ1n) is 13.1. The average Bonchev–Trinajstić information content (AvgIpc) is 3.65. The monoisotopic (exact) mass is 520 g/mol. The van der Waals surface area contributed by atoms with Gasteiger partial charge in [0.2, 0.25) is 0 Å². The van der Waals surface area contributed by atoms with Crippen LogP contribution in [0.15, 0.2) is 94.2 Å². The molecule has 6 rings (SSSR count). The molecule has 2 unspecified atom stereocenters. The second-order valence-electron chi connectivity index (χ2n) is 10.4. The SMILES string of the molecule is O=C1C=C(c2ccco2)CC(c2cc(Cc3ccc(O)c(C4CC(=O)C=C(c5ccco5)C4)c3)ccc2O)C1. The summed E-state index contributed by atoms with van der Waals surface area (Å²) in [6, 6.07) is 18.3. The molecule has 0 fully saturated rings. The first-order chi connectivity index (χ1) is 18.9. The zero-order valence-corrected chi connectivity index (χ0v) is 21.3. The molecule has 0 bridgehead atoms. The summed E-state index contributed by atoms with van der Waals surface area (Å²) in [5.41, 5.74) is 5.11. The van der Waals surface area contributed by atoms with Crippen molar-refractivity contribution in [2.45, 2.75) is 43.9 Å². The lowest BCUT2D eigenvalue weighted by Gasteiger charge is -2.24. The molecule has 0 aliphatic heterocycles. The van der Waals surface area contributed by atoms with E-state index < -0.39 is 0 Å². The molecule has 0 saturated carbocycles. The quantitative estimate of drug-likeness (QED) is 0.286. The molecule has 2 aromatic heterocycles. The minimum atomic E-state index is -0.155. The standard InChI is InChI=1S/C33H28O6/c34-26-16-22(14-24(18-26)32-3-1-9-38-32)28-12-20(5-7-30(28)36)11-21-6-8-31(37)29(13-21)23-15-25(19-27(35)17-23)33-4-2-10-39-33/h1-10,12-13,18-19,22-23,36-37H,11,14-17H2. The van der Waals surface area contributed by atoms with Crippen LogP contribution in [0.4, 0.5) is 0 Å². The maximum Gasteiger partial charge on any atom is 0.156 e. The Labute approximate surface area is 225 Å². The van der Waals surface area contributed by atoms with Gasteiger partial charge in [-0.15, -0.1) is 0 Å². The Hall–Kier alpha value is -4.58. The van der Waals surface area contributed by atoms with Crippen LogP contribution < -0.4 is 0 Å². The Morgan fingerprint density at radius 2 is 1.10 bits per heavy atom. The Morgan fingerprint density at radius 3 is 1.51 bits per heavy atom. The summed E-state index contributed by atoms with van der Waals surface area (Å²) in [7, 11) is 0. The number of carbonyl (C=O) groups excluding carboxylic acids is 2. The molecule has 6 nitrogen and oxygen atoms in total. The number of rotatable bonds is 6. The highest BCUT2D eigenvalue weighted by Crippen LogP contribution is 2.42. The van der Waals surface area contributed by atoms with Crippen molar-refractivity contribution in [3.8, 4) is 11.5 Å². The van der Waals surface area contributed by atoms with E-state index in [-0.39, 0.29) is 34.9 Å². The fraction of sp³-hybridized carbons (Fsp3) is 0.212. The van der Waals surface area contributed by atoms with E-state index in [0.29, 0.717) is 43.6 Å². The molecule has 2 heterocycles. The third-order valence-electron chi connectivity index (χ3n) is 7.65. The van der Waals surface area contributed by atoms with Gasteiger partial charge in [0, 0.05) is 12.8 Å². The fourth-order valence-electron chi connectivity index (χ4n) is 5.81. The molecule has 2 aromatic carbocycles. The van der Waals surface area contributed by atoms with E-state index >= 15 is 0 Å². The number of hydrogen-bond donors (Lipinski definition) is 2. The Bertz CT molecular complexity index is 1470. The molecular weight excluding hydrogens is 492 g/mol. The van der Waals surface area contributed by atoms with Crippen molar-refractivity contribution in [1.82, 2.24) is 0 Å². The first-order valence-corrected chi connectivity index (χ1v) is 13.1. The van der Waals surface area contributed by atoms with Gasteiger partial charge in [-0.3, -0.25) is 9.59 Å². The van der Waals surface area contributed by atoms with Crippen LogP contribution in [0.3, 0.4) is 0 Å². The van der Waals surface area contributed by atoms with E-state index in [1.165, 1.54) is 0 Å². The molecule has 2 aliphatic rings. The Kier molecular flexibility index (Phi) is 6.53. The molecule has 4 aromatic rings. The highest BCUT2D eigenvalue weighted by Gasteiger charge is 2.28. The zero-order chi connectivity index (χ0) is 26.9. The van der Waals surface area contributed by atoms with E-state index in [1.54, 1.807) is 48.9 Å². The molecule has 2 N–H and O–H groups in total. The predicted octanol–water partition coefficient (Wildman–Crippen LogP) is 6.93. The van der Waals surface area contributed by atoms with Crippen LogP contribution in [-0.4, -0.2) is 21.8 Å². The maximum atomic E-state index is 12.5. The number of aromatic hydroxyl groups is 2. The fourth-order valence-corrected chi connectivity index (χ4v) is 5.81. The summed E-state index contributed by atoms with van der Waals surface area (Å²) in [5.74, 6) is 1.39. The lowest BCUT2D eigenvalue weighted by molar-refractivity contribution is -0.116. The van der Waals surface area contributed by atoms with Crippen molar-refractivity contribution in [2.75, 3.05) is 0 Å². The number of furan rings is 2. The number of benzene rings is 2. The highest BCUT2D eigenvalue weighted by molar-refractivity contribution is 5.99. The van der Waals surface area contributed by atoms with Gasteiger partial charge < -0.3 is 19.0 Å². The number of allylic oxidation sites excluding steroid dienone is 4. The van der Waals surface area contributed by atoms with E-state index in [0.717, 1.165) is 33.4 Å². The Balaban J connectivity index is 1.24. The van der Waals surface area contributed by atoms with Crippen molar-refractivity contribution in [1.29, 1.82) is 0 Å². The van der Waals surface area contributed by atoms with Crippen LogP contribution in [0.2, 0.25) is 0 Å². The second kappa shape index (κ2) is 10.3. The molecule has 196 valence electrons. The summed E-state index contributed by atoms with van der Waals surface area (Å²) < 4.78 is 11.0. The topological polar surface area (TPSA) is 101 Å². The first kappa shape index (κ1) is 24.7. The molecule has 0 spiro atoms. The molecule has 2 aliphatic carbocycles. The number of phenols is 2. The van der Waals surface area contributed by atoms with Crippen LogP contribution >= 0.6 is 0 Å². The van der Waals surface area contributed by atoms with Gasteiger partial charge in [-0.1, -0.05) is 24.3 Å². The Morgan fingerprint density at radius 1 is 0.641 bits per heavy atom. The van der Waals surface area contributed by atoms with Gasteiger partial charge in [0.15, 0.2) is 11.6 Å². The van der Waals surface area contributed by atoms with Crippen molar-refractivity contribution < 1.29 is 28.6 Å². The van der Waals surface area contributed by atoms with Gasteiger partial charge in [-0.2, -0.15) is 0 Å². The van der Waals surface area contributed by atoms with Crippen molar-refractivity contribution in [3.63, 3.8) is 0 Å². The molecule has 2 atom stereocenters. The third kappa shape index (κ3) is 5.23. The molecule has 0 radical (unpaired) electrons. The van der Waals surface area contributed by atoms with Gasteiger partial charge in [0.1, 0.15) is 23.0 Å². The average molecular weight is 521 g/mol. The maximum absolute atomic E-state index is 12.5. The second-order valence-corrected chi connectivity index (χ2v) is 10.4. The van der Waals surface area contributed by atoms with Gasteiger partial charge in [0.25, 0.3) is 0 Å². The van der Waals surface area contributed by atoms with Crippen LogP contribution in [-0.2, 0) is 16.0 Å². The summed E-state index contributed by atoms with van der Waals surface area (Å²) in [6.45, 7) is 0. The van der Waals surface area contributed by atoms with Gasteiger partial charge >= 0.3 is 0 Å². The smallest absolute Gasteiger partial charge is 0.156 e. The van der Waals surface area contributed by atoms with Gasteiger partial charge in [0.05, 0.1) is 12.5 Å². The van der Waals surface area contributed by atoms with Gasteiger partial charge in [-0.05, 0) is 113 Å².